The molecule has 1 aromatic heterocycles. The minimum absolute atomic E-state index is 0.232. The molecule has 1 amide bonds. The Kier molecular flexibility index (Phi) is 5.25. The first-order valence-corrected chi connectivity index (χ1v) is 8.28. The number of amides is 1. The van der Waals surface area contributed by atoms with E-state index in [1.165, 1.54) is 19.3 Å². The van der Waals surface area contributed by atoms with Gasteiger partial charge in [-0.2, -0.15) is 0 Å². The Morgan fingerprint density at radius 1 is 1.08 bits per heavy atom. The van der Waals surface area contributed by atoms with Gasteiger partial charge in [-0.3, -0.25) is 4.79 Å². The summed E-state index contributed by atoms with van der Waals surface area (Å²) in [5.41, 5.74) is 1.13. The summed E-state index contributed by atoms with van der Waals surface area (Å²) in [7, 11) is 1.60. The van der Waals surface area contributed by atoms with Crippen LogP contribution < -0.4 is 15.4 Å². The number of aromatic nitrogens is 2. The number of anilines is 2. The third-order valence-corrected chi connectivity index (χ3v) is 4.20. The van der Waals surface area contributed by atoms with Crippen molar-refractivity contribution in [3.63, 3.8) is 0 Å². The number of nitrogens with zero attached hydrogens (tertiary/aromatic N) is 2. The van der Waals surface area contributed by atoms with Gasteiger partial charge in [-0.1, -0.05) is 19.3 Å². The zero-order chi connectivity index (χ0) is 16.8. The number of rotatable bonds is 5. The second kappa shape index (κ2) is 7.77. The van der Waals surface area contributed by atoms with Crippen molar-refractivity contribution < 1.29 is 9.53 Å². The van der Waals surface area contributed by atoms with Gasteiger partial charge in [0.1, 0.15) is 5.75 Å². The number of carbonyl (C=O) groups excluding carboxylic acids is 1. The summed E-state index contributed by atoms with van der Waals surface area (Å²) in [6.07, 6.45) is 9.23. The molecule has 0 atom stereocenters. The van der Waals surface area contributed by atoms with Gasteiger partial charge < -0.3 is 15.4 Å². The monoisotopic (exact) mass is 326 g/mol. The number of methoxy groups -OCH3 is 1. The van der Waals surface area contributed by atoms with Crippen LogP contribution in [0, 0.1) is 0 Å². The van der Waals surface area contributed by atoms with E-state index in [1.54, 1.807) is 43.8 Å². The van der Waals surface area contributed by atoms with Crippen molar-refractivity contribution in [3.05, 3.63) is 42.2 Å². The number of benzene rings is 1. The van der Waals surface area contributed by atoms with Crippen molar-refractivity contribution in [1.29, 1.82) is 0 Å². The van der Waals surface area contributed by atoms with Gasteiger partial charge in [-0.15, -0.1) is 0 Å². The summed E-state index contributed by atoms with van der Waals surface area (Å²) in [5.74, 6) is 1.10. The molecule has 2 N–H and O–H groups in total. The molecule has 1 fully saturated rings. The van der Waals surface area contributed by atoms with Crippen LogP contribution in [0.2, 0.25) is 0 Å². The molecule has 1 aromatic carbocycles. The molecule has 1 aliphatic rings. The van der Waals surface area contributed by atoms with E-state index in [2.05, 4.69) is 20.6 Å². The van der Waals surface area contributed by atoms with Crippen LogP contribution in [0.1, 0.15) is 42.5 Å². The van der Waals surface area contributed by atoms with Crippen LogP contribution in [0.25, 0.3) is 0 Å². The maximum atomic E-state index is 12.2. The second-order valence-electron chi connectivity index (χ2n) is 5.96. The zero-order valence-corrected chi connectivity index (χ0v) is 13.8. The first-order valence-electron chi connectivity index (χ1n) is 8.28. The largest absolute Gasteiger partial charge is 0.497 e. The van der Waals surface area contributed by atoms with Gasteiger partial charge in [0.05, 0.1) is 12.7 Å². The molecule has 0 aliphatic heterocycles. The third-order valence-electron chi connectivity index (χ3n) is 4.20. The van der Waals surface area contributed by atoms with Crippen molar-refractivity contribution in [2.24, 2.45) is 0 Å². The fourth-order valence-electron chi connectivity index (χ4n) is 2.83. The quantitative estimate of drug-likeness (QED) is 0.879. The van der Waals surface area contributed by atoms with E-state index in [9.17, 15) is 4.79 Å². The van der Waals surface area contributed by atoms with E-state index >= 15 is 0 Å². The number of nitrogens with one attached hydrogen (secondary N) is 2. The standard InChI is InChI=1S/C18H22N4O2/c1-24-16-9-7-15(8-10-16)21-17(23)13-11-19-18(20-12-13)22-14-5-3-2-4-6-14/h7-12,14H,2-6H2,1H3,(H,21,23)(H,19,20,22). The van der Waals surface area contributed by atoms with E-state index in [1.807, 2.05) is 0 Å². The van der Waals surface area contributed by atoms with Gasteiger partial charge in [-0.25, -0.2) is 9.97 Å². The van der Waals surface area contributed by atoms with Gasteiger partial charge in [0, 0.05) is 24.1 Å². The third kappa shape index (κ3) is 4.22. The van der Waals surface area contributed by atoms with E-state index in [4.69, 9.17) is 4.74 Å². The maximum absolute atomic E-state index is 12.2. The van der Waals surface area contributed by atoms with Crippen LogP contribution in [0.5, 0.6) is 5.75 Å². The molecule has 1 heterocycles. The molecule has 126 valence electrons. The molecule has 6 nitrogen and oxygen atoms in total. The SMILES string of the molecule is COc1ccc(NC(=O)c2cnc(NC3CCCCC3)nc2)cc1. The predicted molar refractivity (Wildman–Crippen MR) is 93.5 cm³/mol. The fourth-order valence-corrected chi connectivity index (χ4v) is 2.83. The Morgan fingerprint density at radius 3 is 2.38 bits per heavy atom. The summed E-state index contributed by atoms with van der Waals surface area (Å²) in [4.78, 5) is 20.7. The average molecular weight is 326 g/mol. The van der Waals surface area contributed by atoms with Crippen LogP contribution in [0.4, 0.5) is 11.6 Å². The van der Waals surface area contributed by atoms with Crippen LogP contribution in [0.3, 0.4) is 0 Å². The molecule has 0 unspecified atom stereocenters. The molecule has 3 rings (SSSR count). The zero-order valence-electron chi connectivity index (χ0n) is 13.8. The summed E-state index contributed by atoms with van der Waals surface area (Å²) in [6.45, 7) is 0. The predicted octanol–water partition coefficient (Wildman–Crippen LogP) is 3.48. The van der Waals surface area contributed by atoms with Gasteiger partial charge in [0.15, 0.2) is 0 Å². The maximum Gasteiger partial charge on any atom is 0.258 e. The fraction of sp³-hybridized carbons (Fsp3) is 0.389. The highest BCUT2D eigenvalue weighted by molar-refractivity contribution is 6.03. The minimum atomic E-state index is -0.232. The molecular weight excluding hydrogens is 304 g/mol. The lowest BCUT2D eigenvalue weighted by molar-refractivity contribution is 0.102. The van der Waals surface area contributed by atoms with Crippen molar-refractivity contribution in [3.8, 4) is 5.75 Å². The lowest BCUT2D eigenvalue weighted by Gasteiger charge is -2.22. The first-order chi connectivity index (χ1) is 11.7. The highest BCUT2D eigenvalue weighted by Crippen LogP contribution is 2.20. The van der Waals surface area contributed by atoms with E-state index in [0.717, 1.165) is 18.6 Å². The lowest BCUT2D eigenvalue weighted by Crippen LogP contribution is -2.23. The molecule has 0 bridgehead atoms. The summed E-state index contributed by atoms with van der Waals surface area (Å²) in [6, 6.07) is 7.61. The van der Waals surface area contributed by atoms with E-state index < -0.39 is 0 Å². The van der Waals surface area contributed by atoms with Crippen molar-refractivity contribution in [2.75, 3.05) is 17.7 Å². The van der Waals surface area contributed by atoms with Gasteiger partial charge in [0.25, 0.3) is 5.91 Å². The first kappa shape index (κ1) is 16.2. The molecule has 0 spiro atoms. The molecule has 0 radical (unpaired) electrons. The lowest BCUT2D eigenvalue weighted by atomic mass is 9.96. The Bertz CT molecular complexity index is 664. The van der Waals surface area contributed by atoms with Crippen molar-refractivity contribution in [2.45, 2.75) is 38.1 Å². The highest BCUT2D eigenvalue weighted by Gasteiger charge is 2.14. The molecule has 1 aliphatic carbocycles. The van der Waals surface area contributed by atoms with E-state index in [0.29, 0.717) is 23.2 Å². The van der Waals surface area contributed by atoms with Crippen LogP contribution in [0.15, 0.2) is 36.7 Å². The summed E-state index contributed by atoms with van der Waals surface area (Å²) in [5, 5.41) is 6.16. The Morgan fingerprint density at radius 2 is 1.75 bits per heavy atom. The normalized spacial score (nSPS) is 14.9. The van der Waals surface area contributed by atoms with Crippen LogP contribution in [-0.4, -0.2) is 29.0 Å². The molecule has 6 heteroatoms. The topological polar surface area (TPSA) is 76.1 Å². The summed E-state index contributed by atoms with van der Waals surface area (Å²) < 4.78 is 5.09. The molecular formula is C18H22N4O2. The van der Waals surface area contributed by atoms with Crippen molar-refractivity contribution in [1.82, 2.24) is 9.97 Å². The smallest absolute Gasteiger partial charge is 0.258 e. The summed E-state index contributed by atoms with van der Waals surface area (Å²) >= 11 is 0. The Hall–Kier alpha value is -2.63. The van der Waals surface area contributed by atoms with Crippen molar-refractivity contribution >= 4 is 17.5 Å². The van der Waals surface area contributed by atoms with Crippen LogP contribution >= 0.6 is 0 Å². The molecule has 0 saturated heterocycles. The average Bonchev–Trinajstić information content (AvgIpc) is 2.64. The molecule has 1 saturated carbocycles. The highest BCUT2D eigenvalue weighted by atomic mass is 16.5. The molecule has 24 heavy (non-hydrogen) atoms. The van der Waals surface area contributed by atoms with Gasteiger partial charge >= 0.3 is 0 Å². The number of ether oxygens (including phenoxy) is 1. The Balaban J connectivity index is 1.58. The number of carbonyl (C=O) groups is 1. The van der Waals surface area contributed by atoms with Gasteiger partial charge in [0.2, 0.25) is 5.95 Å². The van der Waals surface area contributed by atoms with Gasteiger partial charge in [-0.05, 0) is 37.1 Å². The Labute approximate surface area is 141 Å². The van der Waals surface area contributed by atoms with E-state index in [-0.39, 0.29) is 5.91 Å². The molecule has 2 aromatic rings. The second-order valence-corrected chi connectivity index (χ2v) is 5.96. The number of hydrogen-bond acceptors (Lipinski definition) is 5. The van der Waals surface area contributed by atoms with Crippen LogP contribution in [-0.2, 0) is 0 Å². The number of hydrogen-bond donors (Lipinski definition) is 2. The minimum Gasteiger partial charge on any atom is -0.497 e.